The van der Waals surface area contributed by atoms with Gasteiger partial charge in [-0.05, 0) is 39.1 Å². The Bertz CT molecular complexity index is 186. The molecule has 1 saturated heterocycles. The highest BCUT2D eigenvalue weighted by molar-refractivity contribution is 7.99. The minimum atomic E-state index is 0.709. The van der Waals surface area contributed by atoms with Crippen LogP contribution in [0.4, 0.5) is 0 Å². The molecule has 0 aromatic carbocycles. The predicted octanol–water partition coefficient (Wildman–Crippen LogP) is 2.06. The number of hydrogen-bond donors (Lipinski definition) is 1. The number of thioether (sulfide) groups is 1. The van der Waals surface area contributed by atoms with Crippen LogP contribution in [-0.2, 0) is 0 Å². The average molecular weight is 230 g/mol. The van der Waals surface area contributed by atoms with Crippen LogP contribution in [0.2, 0.25) is 0 Å². The van der Waals surface area contributed by atoms with E-state index in [9.17, 15) is 0 Å². The second kappa shape index (κ2) is 6.12. The van der Waals surface area contributed by atoms with Crippen molar-refractivity contribution in [3.8, 4) is 0 Å². The van der Waals surface area contributed by atoms with E-state index in [1.165, 1.54) is 19.5 Å². The largest absolute Gasteiger partial charge is 0.317 e. The Hall–Kier alpha value is 0.270. The van der Waals surface area contributed by atoms with Crippen molar-refractivity contribution >= 4 is 11.8 Å². The van der Waals surface area contributed by atoms with Crippen LogP contribution in [0.25, 0.3) is 0 Å². The Labute approximate surface area is 99.2 Å². The van der Waals surface area contributed by atoms with Gasteiger partial charge in [-0.25, -0.2) is 0 Å². The second-order valence-corrected chi connectivity index (χ2v) is 6.10. The number of piperidine rings is 1. The maximum atomic E-state index is 3.44. The molecule has 0 aromatic rings. The molecule has 4 unspecified atom stereocenters. The van der Waals surface area contributed by atoms with Gasteiger partial charge in [-0.15, -0.1) is 0 Å². The van der Waals surface area contributed by atoms with Gasteiger partial charge in [0.25, 0.3) is 0 Å². The van der Waals surface area contributed by atoms with Crippen molar-refractivity contribution in [3.63, 3.8) is 0 Å². The standard InChI is InChI=1S/C12H26N2S/c1-9(15-5)8-14-7-6-12(13-4)10(2)11(14)3/h9-13H,6-8H2,1-5H3. The van der Waals surface area contributed by atoms with Gasteiger partial charge < -0.3 is 5.32 Å². The van der Waals surface area contributed by atoms with E-state index < -0.39 is 0 Å². The van der Waals surface area contributed by atoms with E-state index in [0.29, 0.717) is 12.1 Å². The summed E-state index contributed by atoms with van der Waals surface area (Å²) >= 11 is 1.97. The average Bonchev–Trinajstić information content (AvgIpc) is 2.25. The highest BCUT2D eigenvalue weighted by atomic mass is 32.2. The van der Waals surface area contributed by atoms with Crippen molar-refractivity contribution < 1.29 is 0 Å². The lowest BCUT2D eigenvalue weighted by Gasteiger charge is -2.43. The monoisotopic (exact) mass is 230 g/mol. The summed E-state index contributed by atoms with van der Waals surface area (Å²) in [6, 6.07) is 1.42. The van der Waals surface area contributed by atoms with Gasteiger partial charge in [0.05, 0.1) is 0 Å². The van der Waals surface area contributed by atoms with Crippen molar-refractivity contribution in [1.82, 2.24) is 10.2 Å². The van der Waals surface area contributed by atoms with E-state index in [0.717, 1.165) is 11.2 Å². The highest BCUT2D eigenvalue weighted by Crippen LogP contribution is 2.24. The van der Waals surface area contributed by atoms with Gasteiger partial charge in [-0.1, -0.05) is 13.8 Å². The Morgan fingerprint density at radius 3 is 2.67 bits per heavy atom. The van der Waals surface area contributed by atoms with Gasteiger partial charge in [0, 0.05) is 23.9 Å². The van der Waals surface area contributed by atoms with Gasteiger partial charge in [0.1, 0.15) is 0 Å². The molecule has 0 bridgehead atoms. The number of hydrogen-bond acceptors (Lipinski definition) is 3. The lowest BCUT2D eigenvalue weighted by atomic mass is 9.87. The van der Waals surface area contributed by atoms with Crippen molar-refractivity contribution in [2.75, 3.05) is 26.4 Å². The molecule has 1 aliphatic rings. The van der Waals surface area contributed by atoms with E-state index in [4.69, 9.17) is 0 Å². The summed E-state index contributed by atoms with van der Waals surface area (Å²) in [6.07, 6.45) is 3.50. The molecular weight excluding hydrogens is 204 g/mol. The van der Waals surface area contributed by atoms with E-state index in [2.05, 4.69) is 44.3 Å². The van der Waals surface area contributed by atoms with Crippen molar-refractivity contribution in [3.05, 3.63) is 0 Å². The molecule has 0 saturated carbocycles. The second-order valence-electron chi connectivity index (χ2n) is 4.82. The first kappa shape index (κ1) is 13.3. The van der Waals surface area contributed by atoms with Gasteiger partial charge in [0.15, 0.2) is 0 Å². The normalized spacial score (nSPS) is 35.4. The third-order valence-electron chi connectivity index (χ3n) is 3.96. The third-order valence-corrected chi connectivity index (χ3v) is 4.92. The zero-order valence-corrected chi connectivity index (χ0v) is 11.6. The summed E-state index contributed by atoms with van der Waals surface area (Å²) in [5.41, 5.74) is 0. The molecule has 90 valence electrons. The SMILES string of the molecule is CNC1CCN(CC(C)SC)C(C)C1C. The first-order valence-corrected chi connectivity index (χ1v) is 7.33. The van der Waals surface area contributed by atoms with E-state index >= 15 is 0 Å². The number of nitrogens with one attached hydrogen (secondary N) is 1. The summed E-state index contributed by atoms with van der Waals surface area (Å²) < 4.78 is 0. The Balaban J connectivity index is 2.48. The summed E-state index contributed by atoms with van der Waals surface area (Å²) in [4.78, 5) is 2.65. The topological polar surface area (TPSA) is 15.3 Å². The zero-order chi connectivity index (χ0) is 11.4. The molecule has 4 atom stereocenters. The molecule has 3 heteroatoms. The van der Waals surface area contributed by atoms with E-state index in [1.807, 2.05) is 11.8 Å². The summed E-state index contributed by atoms with van der Waals surface area (Å²) in [6.45, 7) is 9.57. The number of nitrogens with zero attached hydrogens (tertiary/aromatic N) is 1. The first-order valence-electron chi connectivity index (χ1n) is 6.04. The van der Waals surface area contributed by atoms with Crippen LogP contribution < -0.4 is 5.32 Å². The Kier molecular flexibility index (Phi) is 5.44. The quantitative estimate of drug-likeness (QED) is 0.796. The first-order chi connectivity index (χ1) is 7.10. The van der Waals surface area contributed by atoms with Gasteiger partial charge in [-0.3, -0.25) is 4.90 Å². The van der Waals surface area contributed by atoms with E-state index in [-0.39, 0.29) is 0 Å². The van der Waals surface area contributed by atoms with E-state index in [1.54, 1.807) is 0 Å². The Morgan fingerprint density at radius 1 is 1.47 bits per heavy atom. The smallest absolute Gasteiger partial charge is 0.0144 e. The van der Waals surface area contributed by atoms with Gasteiger partial charge in [0.2, 0.25) is 0 Å². The third kappa shape index (κ3) is 3.36. The van der Waals surface area contributed by atoms with Crippen molar-refractivity contribution in [2.45, 2.75) is 44.5 Å². The van der Waals surface area contributed by atoms with Crippen molar-refractivity contribution in [1.29, 1.82) is 0 Å². The van der Waals surface area contributed by atoms with Gasteiger partial charge >= 0.3 is 0 Å². The predicted molar refractivity (Wildman–Crippen MR) is 70.6 cm³/mol. The molecule has 0 spiro atoms. The van der Waals surface area contributed by atoms with Gasteiger partial charge in [-0.2, -0.15) is 11.8 Å². The molecule has 15 heavy (non-hydrogen) atoms. The molecule has 1 heterocycles. The molecule has 0 amide bonds. The number of rotatable bonds is 4. The molecule has 1 aliphatic heterocycles. The molecule has 0 radical (unpaired) electrons. The molecule has 1 rings (SSSR count). The van der Waals surface area contributed by atoms with Crippen molar-refractivity contribution in [2.24, 2.45) is 5.92 Å². The minimum absolute atomic E-state index is 0.709. The maximum absolute atomic E-state index is 3.44. The maximum Gasteiger partial charge on any atom is 0.0144 e. The van der Waals surface area contributed by atoms with Crippen LogP contribution >= 0.6 is 11.8 Å². The fourth-order valence-corrected chi connectivity index (χ4v) is 2.85. The van der Waals surface area contributed by atoms with Crippen LogP contribution in [0.1, 0.15) is 27.2 Å². The lowest BCUT2D eigenvalue weighted by molar-refractivity contribution is 0.0892. The van der Waals surface area contributed by atoms with Crippen LogP contribution in [-0.4, -0.2) is 48.6 Å². The highest BCUT2D eigenvalue weighted by Gasteiger charge is 2.31. The molecule has 1 fully saturated rings. The molecule has 2 nitrogen and oxygen atoms in total. The minimum Gasteiger partial charge on any atom is -0.317 e. The molecule has 0 aliphatic carbocycles. The summed E-state index contributed by atoms with van der Waals surface area (Å²) in [5.74, 6) is 0.762. The number of likely N-dealkylation sites (tertiary alicyclic amines) is 1. The lowest BCUT2D eigenvalue weighted by Crippen LogP contribution is -2.53. The Morgan fingerprint density at radius 2 is 2.13 bits per heavy atom. The van der Waals surface area contributed by atoms with Crippen LogP contribution in [0.5, 0.6) is 0 Å². The summed E-state index contributed by atoms with van der Waals surface area (Å²) in [5, 5.41) is 4.20. The van der Waals surface area contributed by atoms with Crippen LogP contribution in [0, 0.1) is 5.92 Å². The fraction of sp³-hybridized carbons (Fsp3) is 1.00. The molecule has 1 N–H and O–H groups in total. The molecular formula is C12H26N2S. The molecule has 0 aromatic heterocycles. The summed E-state index contributed by atoms with van der Waals surface area (Å²) in [7, 11) is 2.09. The van der Waals surface area contributed by atoms with Crippen LogP contribution in [0.15, 0.2) is 0 Å². The zero-order valence-electron chi connectivity index (χ0n) is 10.8. The fourth-order valence-electron chi connectivity index (χ4n) is 2.51. The van der Waals surface area contributed by atoms with Crippen LogP contribution in [0.3, 0.4) is 0 Å².